The van der Waals surface area contributed by atoms with Gasteiger partial charge < -0.3 is 5.11 Å². The summed E-state index contributed by atoms with van der Waals surface area (Å²) in [5.74, 6) is -0.677. The zero-order chi connectivity index (χ0) is 13.1. The highest BCUT2D eigenvalue weighted by molar-refractivity contribution is 5.75. The van der Waals surface area contributed by atoms with E-state index in [2.05, 4.69) is 18.2 Å². The van der Waals surface area contributed by atoms with E-state index in [-0.39, 0.29) is 0 Å². The molecular formula is C15H22O2. The van der Waals surface area contributed by atoms with Gasteiger partial charge in [0.1, 0.15) is 0 Å². The first-order valence-corrected chi connectivity index (χ1v) is 6.24. The molecule has 2 nitrogen and oxygen atoms in total. The number of carboxylic acids is 1. The fraction of sp³-hybridized carbons (Fsp3) is 0.533. The van der Waals surface area contributed by atoms with Crippen molar-refractivity contribution in [3.05, 3.63) is 34.9 Å². The average molecular weight is 234 g/mol. The lowest BCUT2D eigenvalue weighted by molar-refractivity contribution is -0.149. The molecular weight excluding hydrogens is 212 g/mol. The Morgan fingerprint density at radius 1 is 1.24 bits per heavy atom. The van der Waals surface area contributed by atoms with E-state index >= 15 is 0 Å². The number of rotatable bonds is 5. The van der Waals surface area contributed by atoms with Gasteiger partial charge in [0.05, 0.1) is 5.41 Å². The standard InChI is InChI=1S/C15H22O2/c1-5-15(6-2,14(16)17)10-13-9-11(3)7-8-12(13)4/h7-9H,5-6,10H2,1-4H3,(H,16,17). The van der Waals surface area contributed by atoms with Gasteiger partial charge in [-0.25, -0.2) is 0 Å². The molecule has 1 N–H and O–H groups in total. The number of carbonyl (C=O) groups is 1. The summed E-state index contributed by atoms with van der Waals surface area (Å²) in [4.78, 5) is 11.5. The zero-order valence-electron chi connectivity index (χ0n) is 11.2. The minimum atomic E-state index is -0.677. The molecule has 1 rings (SSSR count). The molecule has 0 aliphatic rings. The van der Waals surface area contributed by atoms with E-state index in [4.69, 9.17) is 0 Å². The molecule has 0 fully saturated rings. The lowest BCUT2D eigenvalue weighted by Gasteiger charge is -2.27. The lowest BCUT2D eigenvalue weighted by Crippen LogP contribution is -2.32. The van der Waals surface area contributed by atoms with Gasteiger partial charge in [0.2, 0.25) is 0 Å². The second kappa shape index (κ2) is 5.35. The predicted octanol–water partition coefficient (Wildman–Crippen LogP) is 3.74. The van der Waals surface area contributed by atoms with Gasteiger partial charge >= 0.3 is 5.97 Å². The highest BCUT2D eigenvalue weighted by atomic mass is 16.4. The van der Waals surface area contributed by atoms with Crippen LogP contribution in [0.1, 0.15) is 43.4 Å². The van der Waals surface area contributed by atoms with Crippen LogP contribution in [0, 0.1) is 19.3 Å². The monoisotopic (exact) mass is 234 g/mol. The summed E-state index contributed by atoms with van der Waals surface area (Å²) in [6.45, 7) is 8.02. The molecule has 0 aromatic heterocycles. The maximum absolute atomic E-state index is 11.5. The van der Waals surface area contributed by atoms with Crippen LogP contribution >= 0.6 is 0 Å². The quantitative estimate of drug-likeness (QED) is 0.842. The van der Waals surface area contributed by atoms with Crippen molar-refractivity contribution in [1.82, 2.24) is 0 Å². The van der Waals surface area contributed by atoms with Crippen LogP contribution in [0.4, 0.5) is 0 Å². The Hall–Kier alpha value is -1.31. The van der Waals surface area contributed by atoms with Crippen LogP contribution in [0.15, 0.2) is 18.2 Å². The molecule has 94 valence electrons. The highest BCUT2D eigenvalue weighted by Gasteiger charge is 2.35. The molecule has 0 saturated heterocycles. The smallest absolute Gasteiger partial charge is 0.309 e. The number of benzene rings is 1. The minimum absolute atomic E-state index is 0.613. The molecule has 0 aliphatic carbocycles. The van der Waals surface area contributed by atoms with Crippen LogP contribution in [0.25, 0.3) is 0 Å². The second-order valence-electron chi connectivity index (χ2n) is 4.90. The number of aryl methyl sites for hydroxylation is 2. The number of carboxylic acid groups (broad SMARTS) is 1. The molecule has 1 aromatic carbocycles. The summed E-state index contributed by atoms with van der Waals surface area (Å²) in [5.41, 5.74) is 2.93. The van der Waals surface area contributed by atoms with E-state index in [0.717, 1.165) is 5.56 Å². The predicted molar refractivity (Wildman–Crippen MR) is 70.3 cm³/mol. The van der Waals surface area contributed by atoms with Crippen molar-refractivity contribution >= 4 is 5.97 Å². The minimum Gasteiger partial charge on any atom is -0.481 e. The Bertz CT molecular complexity index is 403. The van der Waals surface area contributed by atoms with Gasteiger partial charge in [-0.3, -0.25) is 4.79 Å². The van der Waals surface area contributed by atoms with Crippen LogP contribution in [0.2, 0.25) is 0 Å². The topological polar surface area (TPSA) is 37.3 Å². The molecule has 0 bridgehead atoms. The number of hydrogen-bond acceptors (Lipinski definition) is 1. The van der Waals surface area contributed by atoms with Crippen molar-refractivity contribution in [2.75, 3.05) is 0 Å². The first-order valence-electron chi connectivity index (χ1n) is 6.24. The molecule has 0 aliphatic heterocycles. The van der Waals surface area contributed by atoms with E-state index < -0.39 is 11.4 Å². The normalized spacial score (nSPS) is 11.5. The van der Waals surface area contributed by atoms with Gasteiger partial charge in [-0.05, 0) is 44.2 Å². The SMILES string of the molecule is CCC(CC)(Cc1cc(C)ccc1C)C(=O)O. The lowest BCUT2D eigenvalue weighted by atomic mass is 9.76. The van der Waals surface area contributed by atoms with Crippen LogP contribution in [0.3, 0.4) is 0 Å². The molecule has 0 radical (unpaired) electrons. The Morgan fingerprint density at radius 3 is 2.29 bits per heavy atom. The average Bonchev–Trinajstić information content (AvgIpc) is 2.30. The second-order valence-corrected chi connectivity index (χ2v) is 4.90. The van der Waals surface area contributed by atoms with Crippen LogP contribution in [0.5, 0.6) is 0 Å². The molecule has 0 atom stereocenters. The van der Waals surface area contributed by atoms with E-state index in [1.165, 1.54) is 11.1 Å². The van der Waals surface area contributed by atoms with Gasteiger partial charge in [0, 0.05) is 0 Å². The maximum Gasteiger partial charge on any atom is 0.309 e. The van der Waals surface area contributed by atoms with Crippen molar-refractivity contribution in [2.24, 2.45) is 5.41 Å². The molecule has 0 unspecified atom stereocenters. The van der Waals surface area contributed by atoms with Crippen LogP contribution in [-0.2, 0) is 11.2 Å². The largest absolute Gasteiger partial charge is 0.481 e. The van der Waals surface area contributed by atoms with E-state index in [0.29, 0.717) is 19.3 Å². The zero-order valence-corrected chi connectivity index (χ0v) is 11.2. The van der Waals surface area contributed by atoms with Crippen LogP contribution < -0.4 is 0 Å². The maximum atomic E-state index is 11.5. The Labute approximate surface area is 104 Å². The first kappa shape index (κ1) is 13.8. The Balaban J connectivity index is 3.09. The van der Waals surface area contributed by atoms with Crippen molar-refractivity contribution in [2.45, 2.75) is 47.0 Å². The Morgan fingerprint density at radius 2 is 1.82 bits per heavy atom. The summed E-state index contributed by atoms with van der Waals surface area (Å²) in [6.07, 6.45) is 1.97. The summed E-state index contributed by atoms with van der Waals surface area (Å²) in [7, 11) is 0. The fourth-order valence-corrected chi connectivity index (χ4v) is 2.23. The Kier molecular flexibility index (Phi) is 4.33. The third-order valence-corrected chi connectivity index (χ3v) is 3.84. The van der Waals surface area contributed by atoms with Crippen LogP contribution in [-0.4, -0.2) is 11.1 Å². The molecule has 1 aromatic rings. The highest BCUT2D eigenvalue weighted by Crippen LogP contribution is 2.32. The summed E-state index contributed by atoms with van der Waals surface area (Å²) < 4.78 is 0. The first-order chi connectivity index (χ1) is 7.95. The number of hydrogen-bond donors (Lipinski definition) is 1. The van der Waals surface area contributed by atoms with Gasteiger partial charge in [-0.2, -0.15) is 0 Å². The van der Waals surface area contributed by atoms with Crippen molar-refractivity contribution in [1.29, 1.82) is 0 Å². The van der Waals surface area contributed by atoms with Gasteiger partial charge in [-0.1, -0.05) is 37.6 Å². The summed E-state index contributed by atoms with van der Waals surface area (Å²) >= 11 is 0. The van der Waals surface area contributed by atoms with Crippen molar-refractivity contribution < 1.29 is 9.90 Å². The summed E-state index contributed by atoms with van der Waals surface area (Å²) in [6, 6.07) is 6.25. The fourth-order valence-electron chi connectivity index (χ4n) is 2.23. The van der Waals surface area contributed by atoms with Crippen molar-refractivity contribution in [3.8, 4) is 0 Å². The molecule has 0 spiro atoms. The molecule has 2 heteroatoms. The molecule has 0 saturated carbocycles. The van der Waals surface area contributed by atoms with Gasteiger partial charge in [0.15, 0.2) is 0 Å². The third kappa shape index (κ3) is 2.87. The number of aliphatic carboxylic acids is 1. The summed E-state index contributed by atoms with van der Waals surface area (Å²) in [5, 5.41) is 9.45. The third-order valence-electron chi connectivity index (χ3n) is 3.84. The van der Waals surface area contributed by atoms with Gasteiger partial charge in [-0.15, -0.1) is 0 Å². The molecule has 0 amide bonds. The molecule has 17 heavy (non-hydrogen) atoms. The van der Waals surface area contributed by atoms with Crippen molar-refractivity contribution in [3.63, 3.8) is 0 Å². The van der Waals surface area contributed by atoms with E-state index in [1.54, 1.807) is 0 Å². The molecule has 0 heterocycles. The van der Waals surface area contributed by atoms with E-state index in [1.807, 2.05) is 27.7 Å². The van der Waals surface area contributed by atoms with E-state index in [9.17, 15) is 9.90 Å². The van der Waals surface area contributed by atoms with Gasteiger partial charge in [0.25, 0.3) is 0 Å².